The molecular weight excluding hydrogens is 229 g/mol. The van der Waals surface area contributed by atoms with Gasteiger partial charge in [0.1, 0.15) is 5.82 Å². The summed E-state index contributed by atoms with van der Waals surface area (Å²) in [5.74, 6) is -0.205. The van der Waals surface area contributed by atoms with Gasteiger partial charge >= 0.3 is 0 Å². The predicted octanol–water partition coefficient (Wildman–Crippen LogP) is 3.02. The van der Waals surface area contributed by atoms with Crippen molar-refractivity contribution in [2.45, 2.75) is 46.8 Å². The molecular formula is C15H24FNO. The van der Waals surface area contributed by atoms with E-state index in [0.29, 0.717) is 13.1 Å². The zero-order valence-electron chi connectivity index (χ0n) is 11.8. The van der Waals surface area contributed by atoms with Crippen LogP contribution in [0.2, 0.25) is 0 Å². The number of halogens is 1. The second-order valence-corrected chi connectivity index (χ2v) is 6.12. The molecule has 0 spiro atoms. The van der Waals surface area contributed by atoms with Crippen LogP contribution in [0.4, 0.5) is 4.39 Å². The Hall–Kier alpha value is -0.930. The second kappa shape index (κ2) is 6.30. The molecule has 0 heterocycles. The van der Waals surface area contributed by atoms with E-state index in [-0.39, 0.29) is 17.3 Å². The van der Waals surface area contributed by atoms with Crippen LogP contribution in [0.3, 0.4) is 0 Å². The maximum absolute atomic E-state index is 12.9. The largest absolute Gasteiger partial charge is 0.392 e. The molecule has 0 saturated heterocycles. The van der Waals surface area contributed by atoms with Gasteiger partial charge in [0.25, 0.3) is 0 Å². The summed E-state index contributed by atoms with van der Waals surface area (Å²) in [6, 6.07) is 4.78. The maximum atomic E-state index is 12.9. The molecule has 18 heavy (non-hydrogen) atoms. The summed E-state index contributed by atoms with van der Waals surface area (Å²) in [5, 5.41) is 13.1. The van der Waals surface area contributed by atoms with E-state index in [2.05, 4.69) is 26.1 Å². The van der Waals surface area contributed by atoms with Gasteiger partial charge in [0, 0.05) is 13.1 Å². The Labute approximate surface area is 109 Å². The van der Waals surface area contributed by atoms with Gasteiger partial charge in [-0.15, -0.1) is 0 Å². The van der Waals surface area contributed by atoms with Gasteiger partial charge < -0.3 is 10.4 Å². The van der Waals surface area contributed by atoms with Crippen LogP contribution in [-0.2, 0) is 6.54 Å². The monoisotopic (exact) mass is 253 g/mol. The maximum Gasteiger partial charge on any atom is 0.123 e. The summed E-state index contributed by atoms with van der Waals surface area (Å²) in [6.45, 7) is 9.45. The van der Waals surface area contributed by atoms with Gasteiger partial charge in [-0.05, 0) is 42.0 Å². The number of hydrogen-bond donors (Lipinski definition) is 2. The number of aryl methyl sites for hydroxylation is 1. The van der Waals surface area contributed by atoms with Crippen molar-refractivity contribution in [1.82, 2.24) is 5.32 Å². The van der Waals surface area contributed by atoms with Crippen LogP contribution in [0.15, 0.2) is 18.2 Å². The van der Waals surface area contributed by atoms with Crippen molar-refractivity contribution in [1.29, 1.82) is 0 Å². The fraction of sp³-hybridized carbons (Fsp3) is 0.600. The second-order valence-electron chi connectivity index (χ2n) is 6.12. The first-order valence-corrected chi connectivity index (χ1v) is 6.42. The first-order chi connectivity index (χ1) is 8.28. The molecule has 0 aliphatic heterocycles. The summed E-state index contributed by atoms with van der Waals surface area (Å²) < 4.78 is 12.9. The van der Waals surface area contributed by atoms with E-state index in [1.165, 1.54) is 12.1 Å². The SMILES string of the molecule is Cc1cc(F)ccc1CNCC(O)CC(C)(C)C. The molecule has 102 valence electrons. The number of aliphatic hydroxyl groups excluding tert-OH is 1. The molecule has 1 atom stereocenters. The molecule has 0 aliphatic carbocycles. The fourth-order valence-electron chi connectivity index (χ4n) is 2.01. The van der Waals surface area contributed by atoms with Crippen LogP contribution in [0.25, 0.3) is 0 Å². The number of rotatable bonds is 5. The number of nitrogens with one attached hydrogen (secondary N) is 1. The molecule has 2 nitrogen and oxygen atoms in total. The van der Waals surface area contributed by atoms with Crippen molar-refractivity contribution >= 4 is 0 Å². The Morgan fingerprint density at radius 1 is 1.33 bits per heavy atom. The Morgan fingerprint density at radius 2 is 2.00 bits per heavy atom. The van der Waals surface area contributed by atoms with Gasteiger partial charge in [0.05, 0.1) is 6.10 Å². The van der Waals surface area contributed by atoms with Gasteiger partial charge in [-0.25, -0.2) is 4.39 Å². The van der Waals surface area contributed by atoms with Crippen LogP contribution >= 0.6 is 0 Å². The molecule has 0 aliphatic rings. The molecule has 0 aromatic heterocycles. The Balaban J connectivity index is 2.37. The molecule has 0 fully saturated rings. The smallest absolute Gasteiger partial charge is 0.123 e. The molecule has 0 radical (unpaired) electrons. The van der Waals surface area contributed by atoms with Crippen LogP contribution in [0.1, 0.15) is 38.3 Å². The average molecular weight is 253 g/mol. The van der Waals surface area contributed by atoms with Gasteiger partial charge in [-0.3, -0.25) is 0 Å². The van der Waals surface area contributed by atoms with Crippen molar-refractivity contribution in [2.24, 2.45) is 5.41 Å². The van der Waals surface area contributed by atoms with Crippen molar-refractivity contribution in [2.75, 3.05) is 6.54 Å². The highest BCUT2D eigenvalue weighted by molar-refractivity contribution is 5.26. The molecule has 0 bridgehead atoms. The van der Waals surface area contributed by atoms with Crippen LogP contribution in [0, 0.1) is 18.2 Å². The molecule has 1 unspecified atom stereocenters. The molecule has 3 heteroatoms. The van der Waals surface area contributed by atoms with E-state index in [1.54, 1.807) is 6.07 Å². The standard InChI is InChI=1S/C15H24FNO/c1-11-7-13(16)6-5-12(11)9-17-10-14(18)8-15(2,3)4/h5-7,14,17-18H,8-10H2,1-4H3. The van der Waals surface area contributed by atoms with Crippen LogP contribution in [-0.4, -0.2) is 17.8 Å². The molecule has 0 amide bonds. The van der Waals surface area contributed by atoms with Crippen molar-refractivity contribution in [3.63, 3.8) is 0 Å². The zero-order valence-corrected chi connectivity index (χ0v) is 11.8. The Kier molecular flexibility index (Phi) is 5.29. The van der Waals surface area contributed by atoms with E-state index in [9.17, 15) is 9.50 Å². The summed E-state index contributed by atoms with van der Waals surface area (Å²) >= 11 is 0. The first kappa shape index (κ1) is 15.1. The summed E-state index contributed by atoms with van der Waals surface area (Å²) in [6.07, 6.45) is 0.424. The molecule has 1 rings (SSSR count). The van der Waals surface area contributed by atoms with Gasteiger partial charge in [0.2, 0.25) is 0 Å². The summed E-state index contributed by atoms with van der Waals surface area (Å²) in [5.41, 5.74) is 2.14. The minimum absolute atomic E-state index is 0.132. The lowest BCUT2D eigenvalue weighted by Crippen LogP contribution is -2.30. The predicted molar refractivity (Wildman–Crippen MR) is 72.9 cm³/mol. The molecule has 2 N–H and O–H groups in total. The van der Waals surface area contributed by atoms with Crippen LogP contribution in [0.5, 0.6) is 0 Å². The quantitative estimate of drug-likeness (QED) is 0.845. The third-order valence-corrected chi connectivity index (χ3v) is 2.85. The van der Waals surface area contributed by atoms with Crippen molar-refractivity contribution in [3.8, 4) is 0 Å². The number of benzene rings is 1. The highest BCUT2D eigenvalue weighted by Gasteiger charge is 2.16. The van der Waals surface area contributed by atoms with Gasteiger partial charge in [-0.2, -0.15) is 0 Å². The summed E-state index contributed by atoms with van der Waals surface area (Å²) in [7, 11) is 0. The number of aliphatic hydroxyl groups is 1. The minimum atomic E-state index is -0.342. The van der Waals surface area contributed by atoms with Crippen molar-refractivity contribution < 1.29 is 9.50 Å². The average Bonchev–Trinajstić information content (AvgIpc) is 2.18. The fourth-order valence-corrected chi connectivity index (χ4v) is 2.01. The lowest BCUT2D eigenvalue weighted by atomic mass is 9.89. The molecule has 0 saturated carbocycles. The van der Waals surface area contributed by atoms with E-state index in [1.807, 2.05) is 6.92 Å². The van der Waals surface area contributed by atoms with E-state index in [4.69, 9.17) is 0 Å². The van der Waals surface area contributed by atoms with E-state index >= 15 is 0 Å². The van der Waals surface area contributed by atoms with Gasteiger partial charge in [-0.1, -0.05) is 26.8 Å². The molecule has 1 aromatic carbocycles. The Morgan fingerprint density at radius 3 is 2.56 bits per heavy atom. The topological polar surface area (TPSA) is 32.3 Å². The normalized spacial score (nSPS) is 13.7. The van der Waals surface area contributed by atoms with Crippen LogP contribution < -0.4 is 5.32 Å². The first-order valence-electron chi connectivity index (χ1n) is 6.42. The van der Waals surface area contributed by atoms with E-state index < -0.39 is 0 Å². The van der Waals surface area contributed by atoms with Gasteiger partial charge in [0.15, 0.2) is 0 Å². The highest BCUT2D eigenvalue weighted by atomic mass is 19.1. The lowest BCUT2D eigenvalue weighted by Gasteiger charge is -2.22. The highest BCUT2D eigenvalue weighted by Crippen LogP contribution is 2.20. The molecule has 1 aromatic rings. The zero-order chi connectivity index (χ0) is 13.8. The minimum Gasteiger partial charge on any atom is -0.392 e. The third-order valence-electron chi connectivity index (χ3n) is 2.85. The number of hydrogen-bond acceptors (Lipinski definition) is 2. The third kappa shape index (κ3) is 5.61. The lowest BCUT2D eigenvalue weighted by molar-refractivity contribution is 0.119. The summed E-state index contributed by atoms with van der Waals surface area (Å²) in [4.78, 5) is 0. The van der Waals surface area contributed by atoms with E-state index in [0.717, 1.165) is 17.5 Å². The Bertz CT molecular complexity index is 385. The van der Waals surface area contributed by atoms with Crippen molar-refractivity contribution in [3.05, 3.63) is 35.1 Å².